The zero-order valence-electron chi connectivity index (χ0n) is 16.6. The van der Waals surface area contributed by atoms with Gasteiger partial charge in [-0.2, -0.15) is 4.31 Å². The molecule has 0 spiro atoms. The number of carbonyl (C=O) groups excluding carboxylic acids is 1. The van der Waals surface area contributed by atoms with Gasteiger partial charge in [0.05, 0.1) is 23.4 Å². The average molecular weight is 423 g/mol. The first kappa shape index (κ1) is 22.3. The third-order valence-electron chi connectivity index (χ3n) is 4.18. The number of methoxy groups -OCH3 is 1. The number of sulfonamides is 1. The van der Waals surface area contributed by atoms with E-state index in [-0.39, 0.29) is 16.6 Å². The molecule has 152 valence electrons. The zero-order valence-corrected chi connectivity index (χ0v) is 18.2. The molecule has 2 aromatic carbocycles. The van der Waals surface area contributed by atoms with E-state index in [9.17, 15) is 13.2 Å². The summed E-state index contributed by atoms with van der Waals surface area (Å²) in [4.78, 5) is 13.5. The molecule has 0 aliphatic rings. The highest BCUT2D eigenvalue weighted by Crippen LogP contribution is 2.29. The molecular formula is C20H26N2O4S2. The van der Waals surface area contributed by atoms with Crippen molar-refractivity contribution in [3.8, 4) is 5.75 Å². The Morgan fingerprint density at radius 3 is 2.32 bits per heavy atom. The van der Waals surface area contributed by atoms with E-state index in [1.165, 1.54) is 35.3 Å². The fraction of sp³-hybridized carbons (Fsp3) is 0.350. The lowest BCUT2D eigenvalue weighted by Gasteiger charge is -2.19. The number of aryl methyl sites for hydroxylation is 1. The highest BCUT2D eigenvalue weighted by molar-refractivity contribution is 8.00. The number of amides is 1. The maximum atomic E-state index is 12.7. The Morgan fingerprint density at radius 2 is 1.75 bits per heavy atom. The Kier molecular flexibility index (Phi) is 7.91. The number of carbonyl (C=O) groups is 1. The molecule has 0 aromatic heterocycles. The molecule has 2 aromatic rings. The maximum absolute atomic E-state index is 12.7. The van der Waals surface area contributed by atoms with Gasteiger partial charge in [-0.25, -0.2) is 8.42 Å². The van der Waals surface area contributed by atoms with Crippen LogP contribution in [0.1, 0.15) is 19.4 Å². The van der Waals surface area contributed by atoms with E-state index in [0.29, 0.717) is 24.5 Å². The van der Waals surface area contributed by atoms with Crippen molar-refractivity contribution < 1.29 is 17.9 Å². The number of anilines is 1. The number of nitrogens with zero attached hydrogens (tertiary/aromatic N) is 1. The quantitative estimate of drug-likeness (QED) is 0.623. The van der Waals surface area contributed by atoms with Gasteiger partial charge in [-0.05, 0) is 37.3 Å². The van der Waals surface area contributed by atoms with Crippen molar-refractivity contribution in [1.29, 1.82) is 0 Å². The fourth-order valence-electron chi connectivity index (χ4n) is 2.63. The minimum Gasteiger partial charge on any atom is -0.495 e. The van der Waals surface area contributed by atoms with Crippen LogP contribution >= 0.6 is 11.8 Å². The highest BCUT2D eigenvalue weighted by Gasteiger charge is 2.23. The average Bonchev–Trinajstić information content (AvgIpc) is 2.68. The molecule has 2 rings (SSSR count). The van der Waals surface area contributed by atoms with Crippen molar-refractivity contribution in [3.63, 3.8) is 0 Å². The minimum atomic E-state index is -3.62. The third-order valence-corrected chi connectivity index (χ3v) is 7.24. The molecule has 6 nitrogen and oxygen atoms in total. The van der Waals surface area contributed by atoms with E-state index in [4.69, 9.17) is 4.74 Å². The van der Waals surface area contributed by atoms with Crippen molar-refractivity contribution in [2.75, 3.05) is 31.3 Å². The standard InChI is InChI=1S/C20H26N2O4S2/c1-5-22(6-2)28(24,25)17-11-12-19(26-4)18(13-17)21-20(23)14-27-16-9-7-15(3)8-10-16/h7-13H,5-6,14H2,1-4H3,(H,21,23). The molecule has 0 radical (unpaired) electrons. The predicted octanol–water partition coefficient (Wildman–Crippen LogP) is 3.76. The summed E-state index contributed by atoms with van der Waals surface area (Å²) in [5, 5.41) is 2.76. The lowest BCUT2D eigenvalue weighted by Crippen LogP contribution is -2.30. The van der Waals surface area contributed by atoms with Gasteiger partial charge in [0.2, 0.25) is 15.9 Å². The van der Waals surface area contributed by atoms with Crippen molar-refractivity contribution in [2.45, 2.75) is 30.6 Å². The first-order valence-electron chi connectivity index (χ1n) is 8.99. The normalized spacial score (nSPS) is 11.5. The number of hydrogen-bond donors (Lipinski definition) is 1. The van der Waals surface area contributed by atoms with Gasteiger partial charge in [0.1, 0.15) is 5.75 Å². The van der Waals surface area contributed by atoms with Gasteiger partial charge in [-0.1, -0.05) is 31.5 Å². The van der Waals surface area contributed by atoms with Crippen molar-refractivity contribution >= 4 is 33.4 Å². The molecule has 0 fully saturated rings. The molecule has 0 saturated heterocycles. The summed E-state index contributed by atoms with van der Waals surface area (Å²) in [5.74, 6) is 0.382. The molecule has 0 unspecified atom stereocenters. The monoisotopic (exact) mass is 422 g/mol. The molecule has 0 bridgehead atoms. The van der Waals surface area contributed by atoms with Crippen LogP contribution in [0.25, 0.3) is 0 Å². The van der Waals surface area contributed by atoms with Crippen LogP contribution in [0.5, 0.6) is 5.75 Å². The van der Waals surface area contributed by atoms with Gasteiger partial charge in [0, 0.05) is 18.0 Å². The first-order valence-corrected chi connectivity index (χ1v) is 11.4. The molecular weight excluding hydrogens is 396 g/mol. The molecule has 1 amide bonds. The van der Waals surface area contributed by atoms with Crippen LogP contribution in [-0.2, 0) is 14.8 Å². The van der Waals surface area contributed by atoms with Crippen molar-refractivity contribution in [2.24, 2.45) is 0 Å². The number of nitrogens with one attached hydrogen (secondary N) is 1. The molecule has 0 saturated carbocycles. The lowest BCUT2D eigenvalue weighted by atomic mass is 10.2. The van der Waals surface area contributed by atoms with Crippen LogP contribution in [0.3, 0.4) is 0 Å². The SMILES string of the molecule is CCN(CC)S(=O)(=O)c1ccc(OC)c(NC(=O)CSc2ccc(C)cc2)c1. The summed E-state index contributed by atoms with van der Waals surface area (Å²) in [6.07, 6.45) is 0. The summed E-state index contributed by atoms with van der Waals surface area (Å²) in [7, 11) is -2.15. The summed E-state index contributed by atoms with van der Waals surface area (Å²) in [6.45, 7) is 6.33. The predicted molar refractivity (Wildman–Crippen MR) is 114 cm³/mol. The highest BCUT2D eigenvalue weighted by atomic mass is 32.2. The summed E-state index contributed by atoms with van der Waals surface area (Å²) < 4.78 is 32.1. The van der Waals surface area contributed by atoms with Crippen LogP contribution in [0, 0.1) is 6.92 Å². The van der Waals surface area contributed by atoms with E-state index < -0.39 is 10.0 Å². The number of benzene rings is 2. The Bertz CT molecular complexity index is 908. The number of thioether (sulfide) groups is 1. The van der Waals surface area contributed by atoms with E-state index >= 15 is 0 Å². The Labute approximate surface area is 171 Å². The van der Waals surface area contributed by atoms with E-state index in [0.717, 1.165) is 10.5 Å². The van der Waals surface area contributed by atoms with E-state index in [2.05, 4.69) is 5.32 Å². The van der Waals surface area contributed by atoms with Gasteiger partial charge in [-0.3, -0.25) is 4.79 Å². The minimum absolute atomic E-state index is 0.124. The number of hydrogen-bond acceptors (Lipinski definition) is 5. The topological polar surface area (TPSA) is 75.7 Å². The summed E-state index contributed by atoms with van der Waals surface area (Å²) in [5.41, 5.74) is 1.50. The molecule has 0 heterocycles. The van der Waals surface area contributed by atoms with Crippen LogP contribution in [0.4, 0.5) is 5.69 Å². The van der Waals surface area contributed by atoms with Crippen LogP contribution < -0.4 is 10.1 Å². The molecule has 0 atom stereocenters. The molecule has 8 heteroatoms. The smallest absolute Gasteiger partial charge is 0.243 e. The molecule has 28 heavy (non-hydrogen) atoms. The second kappa shape index (κ2) is 9.95. The third kappa shape index (κ3) is 5.50. The number of ether oxygens (including phenoxy) is 1. The van der Waals surface area contributed by atoms with Gasteiger partial charge in [0.15, 0.2) is 0 Å². The zero-order chi connectivity index (χ0) is 20.7. The second-order valence-electron chi connectivity index (χ2n) is 6.10. The molecule has 0 aliphatic carbocycles. The van der Waals surface area contributed by atoms with Gasteiger partial charge in [0.25, 0.3) is 0 Å². The van der Waals surface area contributed by atoms with E-state index in [1.807, 2.05) is 31.2 Å². The second-order valence-corrected chi connectivity index (χ2v) is 9.09. The number of rotatable bonds is 9. The van der Waals surface area contributed by atoms with Crippen molar-refractivity contribution in [1.82, 2.24) is 4.31 Å². The maximum Gasteiger partial charge on any atom is 0.243 e. The van der Waals surface area contributed by atoms with Crippen molar-refractivity contribution in [3.05, 3.63) is 48.0 Å². The summed E-state index contributed by atoms with van der Waals surface area (Å²) in [6, 6.07) is 12.4. The fourth-order valence-corrected chi connectivity index (χ4v) is 4.81. The van der Waals surface area contributed by atoms with Crippen LogP contribution in [-0.4, -0.2) is 44.6 Å². The Hall–Kier alpha value is -2.03. The van der Waals surface area contributed by atoms with Crippen LogP contribution in [0.15, 0.2) is 52.3 Å². The Balaban J connectivity index is 2.17. The Morgan fingerprint density at radius 1 is 1.11 bits per heavy atom. The lowest BCUT2D eigenvalue weighted by molar-refractivity contribution is -0.113. The van der Waals surface area contributed by atoms with Gasteiger partial charge >= 0.3 is 0 Å². The summed E-state index contributed by atoms with van der Waals surface area (Å²) >= 11 is 1.41. The first-order chi connectivity index (χ1) is 13.3. The van der Waals surface area contributed by atoms with Gasteiger partial charge < -0.3 is 10.1 Å². The van der Waals surface area contributed by atoms with E-state index in [1.54, 1.807) is 19.9 Å². The molecule has 0 aliphatic heterocycles. The largest absolute Gasteiger partial charge is 0.495 e. The van der Waals surface area contributed by atoms with Gasteiger partial charge in [-0.15, -0.1) is 11.8 Å². The molecule has 1 N–H and O–H groups in total. The van der Waals surface area contributed by atoms with Crippen LogP contribution in [0.2, 0.25) is 0 Å².